The minimum Gasteiger partial charge on any atom is -0.496 e. The number of aliphatic hydroxyl groups excluding tert-OH is 1. The van der Waals surface area contributed by atoms with Crippen LogP contribution in [0.25, 0.3) is 0 Å². The molecule has 0 fully saturated rings. The minimum absolute atomic E-state index is 0.0391. The summed E-state index contributed by atoms with van der Waals surface area (Å²) in [5.74, 6) is 0.880. The number of hydrogen-bond donors (Lipinski definition) is 1. The van der Waals surface area contributed by atoms with Crippen LogP contribution in [0.1, 0.15) is 38.9 Å². The van der Waals surface area contributed by atoms with E-state index in [0.717, 1.165) is 22.4 Å². The van der Waals surface area contributed by atoms with Crippen molar-refractivity contribution < 1.29 is 9.84 Å². The van der Waals surface area contributed by atoms with Gasteiger partial charge in [0.05, 0.1) is 19.1 Å². The Kier molecular flexibility index (Phi) is 5.92. The normalized spacial score (nSPS) is 11.4. The highest BCUT2D eigenvalue weighted by Gasteiger charge is 2.38. The van der Waals surface area contributed by atoms with Crippen LogP contribution in [0.2, 0.25) is 0 Å². The van der Waals surface area contributed by atoms with Crippen LogP contribution in [-0.2, 0) is 12.0 Å². The predicted molar refractivity (Wildman–Crippen MR) is 127 cm³/mol. The van der Waals surface area contributed by atoms with Crippen LogP contribution >= 0.6 is 0 Å². The highest BCUT2D eigenvalue weighted by atomic mass is 16.5. The molecule has 0 saturated heterocycles. The Labute approximate surface area is 184 Å². The Morgan fingerprint density at radius 1 is 0.645 bits per heavy atom. The third kappa shape index (κ3) is 3.64. The monoisotopic (exact) mass is 408 g/mol. The van der Waals surface area contributed by atoms with Crippen LogP contribution in [0.4, 0.5) is 0 Å². The summed E-state index contributed by atoms with van der Waals surface area (Å²) < 4.78 is 5.55. The first-order valence-electron chi connectivity index (χ1n) is 10.6. The number of hydrogen-bond acceptors (Lipinski definition) is 2. The van der Waals surface area contributed by atoms with Gasteiger partial charge in [-0.25, -0.2) is 0 Å². The first-order chi connectivity index (χ1) is 15.1. The third-order valence-corrected chi connectivity index (χ3v) is 6.19. The van der Waals surface area contributed by atoms with E-state index in [4.69, 9.17) is 4.74 Å². The minimum atomic E-state index is -0.502. The zero-order valence-electron chi connectivity index (χ0n) is 18.3. The van der Waals surface area contributed by atoms with Gasteiger partial charge in [0.25, 0.3) is 0 Å². The molecule has 0 saturated carbocycles. The van der Waals surface area contributed by atoms with Crippen molar-refractivity contribution in [1.29, 1.82) is 0 Å². The number of benzene rings is 4. The maximum absolute atomic E-state index is 9.74. The van der Waals surface area contributed by atoms with E-state index in [-0.39, 0.29) is 6.61 Å². The predicted octanol–water partition coefficient (Wildman–Crippen LogP) is 6.19. The second kappa shape index (κ2) is 8.79. The van der Waals surface area contributed by atoms with Gasteiger partial charge >= 0.3 is 0 Å². The van der Waals surface area contributed by atoms with Gasteiger partial charge in [0.2, 0.25) is 0 Å². The fourth-order valence-corrected chi connectivity index (χ4v) is 4.59. The van der Waals surface area contributed by atoms with Gasteiger partial charge in [0.15, 0.2) is 0 Å². The molecule has 2 nitrogen and oxygen atoms in total. The molecule has 0 unspecified atom stereocenters. The average molecular weight is 409 g/mol. The molecule has 0 radical (unpaired) electrons. The number of aryl methyl sites for hydroxylation is 2. The molecule has 0 heterocycles. The van der Waals surface area contributed by atoms with Crippen molar-refractivity contribution in [3.05, 3.63) is 136 Å². The highest BCUT2D eigenvalue weighted by molar-refractivity contribution is 5.61. The van der Waals surface area contributed by atoms with Gasteiger partial charge in [-0.1, -0.05) is 91.0 Å². The maximum Gasteiger partial charge on any atom is 0.121 e. The molecule has 0 bridgehead atoms. The summed E-state index contributed by atoms with van der Waals surface area (Å²) in [6.07, 6.45) is 0. The SMILES string of the molecule is COc1ccc(C(c2ccccc2)(c2ccccc2)c2ccc(CO)c(C)c2)cc1C. The van der Waals surface area contributed by atoms with Gasteiger partial charge in [-0.15, -0.1) is 0 Å². The molecule has 2 heteroatoms. The molecule has 0 aromatic heterocycles. The van der Waals surface area contributed by atoms with Crippen LogP contribution in [0, 0.1) is 13.8 Å². The molecule has 0 aliphatic rings. The Hall–Kier alpha value is -3.36. The van der Waals surface area contributed by atoms with Crippen molar-refractivity contribution >= 4 is 0 Å². The summed E-state index contributed by atoms with van der Waals surface area (Å²) in [4.78, 5) is 0. The molecule has 0 spiro atoms. The van der Waals surface area contributed by atoms with E-state index in [1.165, 1.54) is 22.3 Å². The molecule has 4 aromatic rings. The lowest BCUT2D eigenvalue weighted by Gasteiger charge is -2.37. The van der Waals surface area contributed by atoms with Crippen molar-refractivity contribution in [2.45, 2.75) is 25.9 Å². The molecular weight excluding hydrogens is 380 g/mol. The molecule has 156 valence electrons. The first-order valence-corrected chi connectivity index (χ1v) is 10.6. The summed E-state index contributed by atoms with van der Waals surface area (Å²) in [5.41, 5.74) is 7.37. The molecule has 1 N–H and O–H groups in total. The number of ether oxygens (including phenoxy) is 1. The maximum atomic E-state index is 9.74. The molecule has 4 aromatic carbocycles. The molecule has 0 aliphatic heterocycles. The Balaban J connectivity index is 2.12. The summed E-state index contributed by atoms with van der Waals surface area (Å²) in [6, 6.07) is 34.1. The van der Waals surface area contributed by atoms with Crippen molar-refractivity contribution in [2.24, 2.45) is 0 Å². The van der Waals surface area contributed by atoms with Crippen LogP contribution in [0.15, 0.2) is 97.1 Å². The number of methoxy groups -OCH3 is 1. The zero-order valence-corrected chi connectivity index (χ0v) is 18.3. The molecule has 0 aliphatic carbocycles. The highest BCUT2D eigenvalue weighted by Crippen LogP contribution is 2.46. The van der Waals surface area contributed by atoms with Crippen molar-refractivity contribution in [3.8, 4) is 5.75 Å². The lowest BCUT2D eigenvalue weighted by Crippen LogP contribution is -2.31. The third-order valence-electron chi connectivity index (χ3n) is 6.19. The molecular formula is C29H28O2. The van der Waals surface area contributed by atoms with Crippen LogP contribution in [0.5, 0.6) is 5.75 Å². The van der Waals surface area contributed by atoms with Crippen molar-refractivity contribution in [1.82, 2.24) is 0 Å². The first kappa shape index (κ1) is 20.9. The Morgan fingerprint density at radius 2 is 1.16 bits per heavy atom. The number of rotatable bonds is 6. The van der Waals surface area contributed by atoms with Crippen molar-refractivity contribution in [3.63, 3.8) is 0 Å². The fraction of sp³-hybridized carbons (Fsp3) is 0.172. The average Bonchev–Trinajstić information content (AvgIpc) is 2.81. The van der Waals surface area contributed by atoms with Gasteiger partial charge in [-0.3, -0.25) is 0 Å². The van der Waals surface area contributed by atoms with E-state index in [1.807, 2.05) is 6.07 Å². The number of aliphatic hydroxyl groups is 1. The van der Waals surface area contributed by atoms with E-state index in [1.54, 1.807) is 7.11 Å². The zero-order chi connectivity index (χ0) is 21.8. The second-order valence-corrected chi connectivity index (χ2v) is 7.97. The molecule has 31 heavy (non-hydrogen) atoms. The van der Waals surface area contributed by atoms with Gasteiger partial charge < -0.3 is 9.84 Å². The van der Waals surface area contributed by atoms with Gasteiger partial charge in [0, 0.05) is 0 Å². The Morgan fingerprint density at radius 3 is 1.61 bits per heavy atom. The summed E-state index contributed by atoms with van der Waals surface area (Å²) in [6.45, 7) is 4.19. The van der Waals surface area contributed by atoms with Gasteiger partial charge in [0.1, 0.15) is 5.75 Å². The standard InChI is InChI=1S/C29H28O2/c1-21-18-26(15-14-23(21)20-30)29(24-10-6-4-7-11-24,25-12-8-5-9-13-25)27-16-17-28(31-3)22(2)19-27/h4-19,30H,20H2,1-3H3. The summed E-state index contributed by atoms with van der Waals surface area (Å²) in [7, 11) is 1.71. The quantitative estimate of drug-likeness (QED) is 0.386. The molecule has 4 rings (SSSR count). The Bertz CT molecular complexity index is 1070. The summed E-state index contributed by atoms with van der Waals surface area (Å²) in [5, 5.41) is 9.74. The van der Waals surface area contributed by atoms with E-state index in [9.17, 15) is 5.11 Å². The smallest absolute Gasteiger partial charge is 0.121 e. The van der Waals surface area contributed by atoms with E-state index >= 15 is 0 Å². The van der Waals surface area contributed by atoms with Crippen LogP contribution in [-0.4, -0.2) is 12.2 Å². The lowest BCUT2D eigenvalue weighted by atomic mass is 9.64. The van der Waals surface area contributed by atoms with E-state index < -0.39 is 5.41 Å². The van der Waals surface area contributed by atoms with Crippen LogP contribution < -0.4 is 4.74 Å². The topological polar surface area (TPSA) is 29.5 Å². The molecule has 0 atom stereocenters. The van der Waals surface area contributed by atoms with Gasteiger partial charge in [-0.2, -0.15) is 0 Å². The van der Waals surface area contributed by atoms with E-state index in [0.29, 0.717) is 0 Å². The van der Waals surface area contributed by atoms with Crippen molar-refractivity contribution in [2.75, 3.05) is 7.11 Å². The lowest BCUT2D eigenvalue weighted by molar-refractivity contribution is 0.281. The summed E-state index contributed by atoms with van der Waals surface area (Å²) >= 11 is 0. The van der Waals surface area contributed by atoms with Crippen LogP contribution in [0.3, 0.4) is 0 Å². The largest absolute Gasteiger partial charge is 0.496 e. The van der Waals surface area contributed by atoms with Gasteiger partial charge in [-0.05, 0) is 58.9 Å². The molecule has 0 amide bonds. The fourth-order valence-electron chi connectivity index (χ4n) is 4.59. The second-order valence-electron chi connectivity index (χ2n) is 7.97. The van der Waals surface area contributed by atoms with E-state index in [2.05, 4.69) is 105 Å².